The van der Waals surface area contributed by atoms with Gasteiger partial charge < -0.3 is 33.8 Å². The SMILES string of the molecule is CCCCCCCC(=O)OC[C@H](COP(=O)(O)OC[C@H](O)COP(=O)(O)OC[C@@H](COC(=O)CCCCCCCCCC(C)C)OC(=O)CCCCCCCCCCCCCCCCCCCCC(C)CC)OC(=O)CCCCCCC. The molecule has 0 spiro atoms. The second kappa shape index (κ2) is 55.6. The zero-order chi connectivity index (χ0) is 60.8. The largest absolute Gasteiger partial charge is 0.472 e. The molecule has 0 aliphatic rings. The van der Waals surface area contributed by atoms with Crippen molar-refractivity contribution in [3.63, 3.8) is 0 Å². The van der Waals surface area contributed by atoms with Crippen molar-refractivity contribution in [1.29, 1.82) is 0 Å². The quantitative estimate of drug-likeness (QED) is 0.0222. The van der Waals surface area contributed by atoms with Crippen molar-refractivity contribution in [2.24, 2.45) is 11.8 Å². The summed E-state index contributed by atoms with van der Waals surface area (Å²) >= 11 is 0. The van der Waals surface area contributed by atoms with E-state index in [-0.39, 0.29) is 25.7 Å². The maximum Gasteiger partial charge on any atom is 0.472 e. The third-order valence-corrected chi connectivity index (χ3v) is 16.7. The summed E-state index contributed by atoms with van der Waals surface area (Å²) in [5.74, 6) is -0.584. The fourth-order valence-corrected chi connectivity index (χ4v) is 10.9. The maximum atomic E-state index is 13.0. The molecule has 0 fully saturated rings. The van der Waals surface area contributed by atoms with Gasteiger partial charge in [0, 0.05) is 25.7 Å². The lowest BCUT2D eigenvalue weighted by molar-refractivity contribution is -0.161. The van der Waals surface area contributed by atoms with E-state index < -0.39 is 97.5 Å². The summed E-state index contributed by atoms with van der Waals surface area (Å²) in [6, 6.07) is 0. The summed E-state index contributed by atoms with van der Waals surface area (Å²) in [5.41, 5.74) is 0. The van der Waals surface area contributed by atoms with Crippen molar-refractivity contribution < 1.29 is 80.2 Å². The molecule has 0 aliphatic heterocycles. The van der Waals surface area contributed by atoms with Crippen LogP contribution in [0, 0.1) is 11.8 Å². The molecule has 0 aromatic carbocycles. The molecular formula is C63H122O17P2. The molecule has 0 radical (unpaired) electrons. The highest BCUT2D eigenvalue weighted by Crippen LogP contribution is 2.45. The van der Waals surface area contributed by atoms with E-state index in [9.17, 15) is 43.2 Å². The maximum absolute atomic E-state index is 13.0. The van der Waals surface area contributed by atoms with Gasteiger partial charge in [-0.1, -0.05) is 260 Å². The lowest BCUT2D eigenvalue weighted by Crippen LogP contribution is -2.30. The van der Waals surface area contributed by atoms with Gasteiger partial charge in [-0.05, 0) is 37.5 Å². The minimum Gasteiger partial charge on any atom is -0.462 e. The first-order valence-corrected chi connectivity index (χ1v) is 36.0. The minimum atomic E-state index is -4.94. The average molecular weight is 1210 g/mol. The van der Waals surface area contributed by atoms with E-state index in [1.54, 1.807) is 0 Å². The Labute approximate surface area is 498 Å². The molecule has 0 aromatic heterocycles. The number of hydrogen-bond donors (Lipinski definition) is 3. The third kappa shape index (κ3) is 55.9. The second-order valence-corrected chi connectivity index (χ2v) is 26.4. The molecule has 3 N–H and O–H groups in total. The van der Waals surface area contributed by atoms with Crippen LogP contribution in [0.1, 0.15) is 311 Å². The first kappa shape index (κ1) is 80.1. The van der Waals surface area contributed by atoms with Crippen molar-refractivity contribution >= 4 is 39.5 Å². The lowest BCUT2D eigenvalue weighted by atomic mass is 9.99. The van der Waals surface area contributed by atoms with E-state index in [1.807, 2.05) is 0 Å². The van der Waals surface area contributed by atoms with Crippen molar-refractivity contribution in [1.82, 2.24) is 0 Å². The van der Waals surface area contributed by atoms with Gasteiger partial charge in [0.2, 0.25) is 0 Å². The number of phosphoric acid groups is 2. The van der Waals surface area contributed by atoms with Crippen LogP contribution < -0.4 is 0 Å². The van der Waals surface area contributed by atoms with E-state index in [0.717, 1.165) is 109 Å². The first-order valence-electron chi connectivity index (χ1n) is 33.0. The molecule has 0 rings (SSSR count). The molecule has 486 valence electrons. The van der Waals surface area contributed by atoms with Crippen molar-refractivity contribution in [2.75, 3.05) is 39.6 Å². The molecule has 19 heteroatoms. The minimum absolute atomic E-state index is 0.0985. The number of carbonyl (C=O) groups excluding carboxylic acids is 4. The Morgan fingerprint density at radius 2 is 0.622 bits per heavy atom. The monoisotopic (exact) mass is 1210 g/mol. The van der Waals surface area contributed by atoms with Crippen LogP contribution in [0.2, 0.25) is 0 Å². The second-order valence-electron chi connectivity index (χ2n) is 23.5. The number of aliphatic hydroxyl groups is 1. The van der Waals surface area contributed by atoms with Crippen LogP contribution in [-0.2, 0) is 65.4 Å². The summed E-state index contributed by atoms with van der Waals surface area (Å²) in [6.45, 7) is 9.31. The number of unbranched alkanes of at least 4 members (excludes halogenated alkanes) is 31. The number of phosphoric ester groups is 2. The summed E-state index contributed by atoms with van der Waals surface area (Å²) in [5, 5.41) is 10.5. The molecule has 3 unspecified atom stereocenters. The summed E-state index contributed by atoms with van der Waals surface area (Å²) in [6.07, 6.45) is 38.6. The van der Waals surface area contributed by atoms with Crippen LogP contribution in [0.25, 0.3) is 0 Å². The Hall–Kier alpha value is -1.94. The molecule has 82 heavy (non-hydrogen) atoms. The smallest absolute Gasteiger partial charge is 0.462 e. The van der Waals surface area contributed by atoms with Gasteiger partial charge in [-0.3, -0.25) is 37.3 Å². The highest BCUT2D eigenvalue weighted by atomic mass is 31.2. The predicted octanol–water partition coefficient (Wildman–Crippen LogP) is 17.3. The molecule has 0 bridgehead atoms. The number of carbonyl (C=O) groups is 4. The Morgan fingerprint density at radius 1 is 0.354 bits per heavy atom. The van der Waals surface area contributed by atoms with E-state index in [0.29, 0.717) is 31.6 Å². The molecule has 0 amide bonds. The first-order chi connectivity index (χ1) is 39.4. The fraction of sp³-hybridized carbons (Fsp3) is 0.937. The van der Waals surface area contributed by atoms with Gasteiger partial charge in [-0.15, -0.1) is 0 Å². The summed E-state index contributed by atoms with van der Waals surface area (Å²) < 4.78 is 67.4. The fourth-order valence-electron chi connectivity index (χ4n) is 9.32. The van der Waals surface area contributed by atoms with Gasteiger partial charge in [-0.25, -0.2) is 9.13 Å². The zero-order valence-electron chi connectivity index (χ0n) is 52.8. The highest BCUT2D eigenvalue weighted by molar-refractivity contribution is 7.47. The standard InChI is InChI=1S/C63H122O17P2/c1-7-10-12-31-39-45-60(65)73-51-58(79-62(67)47-41-32-13-11-8-2)53-77-81(69,70)75-49-57(64)50-76-82(71,72)78-54-59(52-74-61(66)46-40-35-30-26-27-33-37-43-55(4)5)80-63(68)48-42-36-29-25-23-21-19-17-15-14-16-18-20-22-24-28-34-38-44-56(6)9-3/h55-59,64H,7-54H2,1-6H3,(H,69,70)(H,71,72)/t56?,57-,58+,59+/m0/s1. The number of hydrogen-bond acceptors (Lipinski definition) is 15. The van der Waals surface area contributed by atoms with Crippen molar-refractivity contribution in [3.05, 3.63) is 0 Å². The number of ether oxygens (including phenoxy) is 4. The van der Waals surface area contributed by atoms with Gasteiger partial charge in [0.1, 0.15) is 19.3 Å². The Kier molecular flexibility index (Phi) is 54.3. The van der Waals surface area contributed by atoms with Crippen LogP contribution in [0.5, 0.6) is 0 Å². The summed E-state index contributed by atoms with van der Waals surface area (Å²) in [7, 11) is -9.86. The zero-order valence-corrected chi connectivity index (χ0v) is 54.6. The molecule has 0 saturated carbocycles. The van der Waals surface area contributed by atoms with Gasteiger partial charge >= 0.3 is 39.5 Å². The molecule has 0 aliphatic carbocycles. The predicted molar refractivity (Wildman–Crippen MR) is 326 cm³/mol. The average Bonchev–Trinajstić information content (AvgIpc) is 3.44. The van der Waals surface area contributed by atoms with Crippen molar-refractivity contribution in [3.8, 4) is 0 Å². The molecule has 17 nitrogen and oxygen atoms in total. The van der Waals surface area contributed by atoms with E-state index >= 15 is 0 Å². The van der Waals surface area contributed by atoms with E-state index in [2.05, 4.69) is 41.5 Å². The van der Waals surface area contributed by atoms with Gasteiger partial charge in [0.15, 0.2) is 12.2 Å². The molecule has 0 heterocycles. The van der Waals surface area contributed by atoms with Crippen LogP contribution in [0.15, 0.2) is 0 Å². The number of rotatable bonds is 62. The van der Waals surface area contributed by atoms with Crippen molar-refractivity contribution in [2.45, 2.75) is 330 Å². The van der Waals surface area contributed by atoms with Crippen LogP contribution in [-0.4, -0.2) is 96.7 Å². The third-order valence-electron chi connectivity index (χ3n) is 14.8. The lowest BCUT2D eigenvalue weighted by Gasteiger charge is -2.21. The molecule has 0 saturated heterocycles. The van der Waals surface area contributed by atoms with Crippen LogP contribution in [0.4, 0.5) is 0 Å². The van der Waals surface area contributed by atoms with E-state index in [4.69, 9.17) is 37.0 Å². The van der Waals surface area contributed by atoms with Gasteiger partial charge in [0.05, 0.1) is 26.4 Å². The normalized spacial score (nSPS) is 14.7. The highest BCUT2D eigenvalue weighted by Gasteiger charge is 2.30. The summed E-state index contributed by atoms with van der Waals surface area (Å²) in [4.78, 5) is 71.5. The van der Waals surface area contributed by atoms with Gasteiger partial charge in [0.25, 0.3) is 0 Å². The number of esters is 4. The van der Waals surface area contributed by atoms with Gasteiger partial charge in [-0.2, -0.15) is 0 Å². The van der Waals surface area contributed by atoms with E-state index in [1.165, 1.54) is 116 Å². The Balaban J connectivity index is 4.99. The van der Waals surface area contributed by atoms with Crippen LogP contribution >= 0.6 is 15.6 Å². The van der Waals surface area contributed by atoms with Crippen LogP contribution in [0.3, 0.4) is 0 Å². The topological polar surface area (TPSA) is 237 Å². The molecule has 6 atom stereocenters. The number of aliphatic hydroxyl groups excluding tert-OH is 1. The Bertz CT molecular complexity index is 1620. The molecule has 0 aromatic rings. The Morgan fingerprint density at radius 3 is 0.927 bits per heavy atom. The molecular weight excluding hydrogens is 1090 g/mol.